The van der Waals surface area contributed by atoms with Crippen molar-refractivity contribution in [2.75, 3.05) is 32.8 Å². The van der Waals surface area contributed by atoms with Gasteiger partial charge in [0.05, 0.1) is 11.8 Å². The molecular weight excluding hydrogens is 292 g/mol. The number of likely N-dealkylation sites (tertiary alicyclic amines) is 2. The Morgan fingerprint density at radius 2 is 2.13 bits per heavy atom. The quantitative estimate of drug-likeness (QED) is 0.926. The highest BCUT2D eigenvalue weighted by atomic mass is 16.3. The second kappa shape index (κ2) is 5.95. The second-order valence-corrected chi connectivity index (χ2v) is 7.56. The van der Waals surface area contributed by atoms with Crippen LogP contribution in [0.25, 0.3) is 0 Å². The Kier molecular flexibility index (Phi) is 3.93. The zero-order valence-corrected chi connectivity index (χ0v) is 13.6. The highest BCUT2D eigenvalue weighted by Crippen LogP contribution is 2.46. The molecule has 1 N–H and O–H groups in total. The van der Waals surface area contributed by atoms with Crippen molar-refractivity contribution in [1.29, 1.82) is 0 Å². The van der Waals surface area contributed by atoms with E-state index in [0.717, 1.165) is 45.1 Å². The molecule has 3 fully saturated rings. The largest absolute Gasteiger partial charge is 0.472 e. The Hall–Kier alpha value is -1.33. The van der Waals surface area contributed by atoms with Crippen LogP contribution in [0, 0.1) is 11.3 Å². The molecule has 1 atom stereocenters. The topological polar surface area (TPSA) is 56.9 Å². The zero-order valence-electron chi connectivity index (χ0n) is 13.6. The molecule has 5 nitrogen and oxygen atoms in total. The number of amides is 1. The third-order valence-electron chi connectivity index (χ3n) is 6.46. The number of nitrogens with zero attached hydrogens (tertiary/aromatic N) is 2. The second-order valence-electron chi connectivity index (χ2n) is 7.56. The first-order valence-corrected chi connectivity index (χ1v) is 8.88. The average Bonchev–Trinajstić information content (AvgIpc) is 3.14. The van der Waals surface area contributed by atoms with E-state index in [0.29, 0.717) is 11.5 Å². The van der Waals surface area contributed by atoms with E-state index in [1.165, 1.54) is 25.5 Å². The van der Waals surface area contributed by atoms with Crippen molar-refractivity contribution in [3.05, 3.63) is 24.2 Å². The highest BCUT2D eigenvalue weighted by molar-refractivity contribution is 5.93. The zero-order chi connectivity index (χ0) is 15.9. The molecule has 2 saturated heterocycles. The normalized spacial score (nSPS) is 28.2. The molecule has 2 aliphatic heterocycles. The van der Waals surface area contributed by atoms with Gasteiger partial charge in [0.1, 0.15) is 6.26 Å². The molecule has 126 valence electrons. The standard InChI is InChI=1S/C18H26N2O3/c21-11-15-10-20(16-2-1-3-16)13-18(15)5-7-19(8-6-18)17(22)14-4-9-23-12-14/h4,9,12,15-16,21H,1-3,5-8,10-11,13H2. The molecule has 0 aromatic carbocycles. The van der Waals surface area contributed by atoms with Gasteiger partial charge in [-0.25, -0.2) is 0 Å². The first-order chi connectivity index (χ1) is 11.2. The van der Waals surface area contributed by atoms with Gasteiger partial charge >= 0.3 is 0 Å². The number of aliphatic hydroxyl groups excluding tert-OH is 1. The number of carbonyl (C=O) groups excluding carboxylic acids is 1. The smallest absolute Gasteiger partial charge is 0.257 e. The maximum Gasteiger partial charge on any atom is 0.257 e. The fourth-order valence-corrected chi connectivity index (χ4v) is 4.65. The van der Waals surface area contributed by atoms with Crippen molar-refractivity contribution < 1.29 is 14.3 Å². The summed E-state index contributed by atoms with van der Waals surface area (Å²) < 4.78 is 5.03. The molecule has 4 rings (SSSR count). The lowest BCUT2D eigenvalue weighted by atomic mass is 9.71. The molecule has 1 spiro atoms. The molecule has 3 heterocycles. The van der Waals surface area contributed by atoms with E-state index in [-0.39, 0.29) is 17.9 Å². The van der Waals surface area contributed by atoms with Gasteiger partial charge in [-0.2, -0.15) is 0 Å². The van der Waals surface area contributed by atoms with Crippen LogP contribution in [0.4, 0.5) is 0 Å². The van der Waals surface area contributed by atoms with Gasteiger partial charge in [0, 0.05) is 44.7 Å². The molecular formula is C18H26N2O3. The summed E-state index contributed by atoms with van der Waals surface area (Å²) in [6.07, 6.45) is 9.07. The van der Waals surface area contributed by atoms with Crippen molar-refractivity contribution >= 4 is 5.91 Å². The maximum atomic E-state index is 12.4. The van der Waals surface area contributed by atoms with E-state index in [4.69, 9.17) is 4.42 Å². The van der Waals surface area contributed by atoms with Crippen LogP contribution in [0.2, 0.25) is 0 Å². The van der Waals surface area contributed by atoms with Gasteiger partial charge in [-0.05, 0) is 37.2 Å². The van der Waals surface area contributed by atoms with Crippen LogP contribution in [0.3, 0.4) is 0 Å². The van der Waals surface area contributed by atoms with Gasteiger partial charge in [-0.1, -0.05) is 6.42 Å². The monoisotopic (exact) mass is 318 g/mol. The number of hydrogen-bond acceptors (Lipinski definition) is 4. The molecule has 1 saturated carbocycles. The SMILES string of the molecule is O=C(c1ccoc1)N1CCC2(CC1)CN(C1CCC1)CC2CO. The van der Waals surface area contributed by atoms with Crippen LogP contribution in [-0.4, -0.2) is 59.6 Å². The van der Waals surface area contributed by atoms with Crippen LogP contribution in [0.5, 0.6) is 0 Å². The van der Waals surface area contributed by atoms with E-state index in [1.807, 2.05) is 4.90 Å². The summed E-state index contributed by atoms with van der Waals surface area (Å²) in [5, 5.41) is 9.88. The van der Waals surface area contributed by atoms with Crippen molar-refractivity contribution in [2.24, 2.45) is 11.3 Å². The average molecular weight is 318 g/mol. The molecule has 3 aliphatic rings. The third-order valence-corrected chi connectivity index (χ3v) is 6.46. The predicted molar refractivity (Wildman–Crippen MR) is 86.1 cm³/mol. The summed E-state index contributed by atoms with van der Waals surface area (Å²) in [7, 11) is 0. The van der Waals surface area contributed by atoms with Crippen molar-refractivity contribution in [3.63, 3.8) is 0 Å². The molecule has 1 aromatic heterocycles. The summed E-state index contributed by atoms with van der Waals surface area (Å²) in [6.45, 7) is 4.00. The number of hydrogen-bond donors (Lipinski definition) is 1. The Morgan fingerprint density at radius 1 is 1.35 bits per heavy atom. The van der Waals surface area contributed by atoms with Crippen molar-refractivity contribution in [2.45, 2.75) is 38.1 Å². The summed E-state index contributed by atoms with van der Waals surface area (Å²) >= 11 is 0. The molecule has 23 heavy (non-hydrogen) atoms. The van der Waals surface area contributed by atoms with E-state index in [1.54, 1.807) is 12.3 Å². The van der Waals surface area contributed by atoms with E-state index in [9.17, 15) is 9.90 Å². The highest BCUT2D eigenvalue weighted by Gasteiger charge is 2.49. The number of rotatable bonds is 3. The van der Waals surface area contributed by atoms with Crippen molar-refractivity contribution in [1.82, 2.24) is 9.80 Å². The minimum absolute atomic E-state index is 0.0722. The minimum atomic E-state index is 0.0722. The minimum Gasteiger partial charge on any atom is -0.472 e. The van der Waals surface area contributed by atoms with E-state index >= 15 is 0 Å². The Morgan fingerprint density at radius 3 is 2.70 bits per heavy atom. The summed E-state index contributed by atoms with van der Waals surface area (Å²) in [4.78, 5) is 17.0. The molecule has 1 aliphatic carbocycles. The molecule has 1 amide bonds. The first kappa shape index (κ1) is 15.2. The van der Waals surface area contributed by atoms with Gasteiger partial charge in [-0.15, -0.1) is 0 Å². The van der Waals surface area contributed by atoms with E-state index < -0.39 is 0 Å². The number of carbonyl (C=O) groups is 1. The van der Waals surface area contributed by atoms with Gasteiger partial charge in [-0.3, -0.25) is 9.69 Å². The van der Waals surface area contributed by atoms with Crippen molar-refractivity contribution in [3.8, 4) is 0 Å². The number of furan rings is 1. The lowest BCUT2D eigenvalue weighted by Crippen LogP contribution is -2.47. The number of aliphatic hydroxyl groups is 1. The lowest BCUT2D eigenvalue weighted by Gasteiger charge is -2.43. The van der Waals surface area contributed by atoms with Crippen LogP contribution >= 0.6 is 0 Å². The lowest BCUT2D eigenvalue weighted by molar-refractivity contribution is 0.0385. The summed E-state index contributed by atoms with van der Waals surface area (Å²) in [5.74, 6) is 0.442. The van der Waals surface area contributed by atoms with E-state index in [2.05, 4.69) is 4.90 Å². The Balaban J connectivity index is 1.42. The van der Waals surface area contributed by atoms with Gasteiger partial charge in [0.2, 0.25) is 0 Å². The molecule has 0 radical (unpaired) electrons. The third kappa shape index (κ3) is 2.60. The van der Waals surface area contributed by atoms with Gasteiger partial charge in [0.15, 0.2) is 0 Å². The fourth-order valence-electron chi connectivity index (χ4n) is 4.65. The molecule has 5 heteroatoms. The first-order valence-electron chi connectivity index (χ1n) is 8.88. The van der Waals surface area contributed by atoms with Gasteiger partial charge in [0.25, 0.3) is 5.91 Å². The Labute approximate surface area is 137 Å². The van der Waals surface area contributed by atoms with Crippen LogP contribution in [-0.2, 0) is 0 Å². The molecule has 1 unspecified atom stereocenters. The number of piperidine rings is 1. The molecule has 0 bridgehead atoms. The summed E-state index contributed by atoms with van der Waals surface area (Å²) in [5.41, 5.74) is 0.847. The predicted octanol–water partition coefficient (Wildman–Crippen LogP) is 1.98. The molecule has 1 aromatic rings. The summed E-state index contributed by atoms with van der Waals surface area (Å²) in [6, 6.07) is 2.48. The van der Waals surface area contributed by atoms with Crippen LogP contribution < -0.4 is 0 Å². The maximum absolute atomic E-state index is 12.4. The Bertz CT molecular complexity index is 545. The van der Waals surface area contributed by atoms with Crippen LogP contribution in [0.1, 0.15) is 42.5 Å². The fraction of sp³-hybridized carbons (Fsp3) is 0.722. The van der Waals surface area contributed by atoms with Crippen LogP contribution in [0.15, 0.2) is 23.0 Å². The van der Waals surface area contributed by atoms with Gasteiger partial charge < -0.3 is 14.4 Å².